The van der Waals surface area contributed by atoms with Crippen LogP contribution in [0.4, 0.5) is 5.69 Å². The van der Waals surface area contributed by atoms with Gasteiger partial charge in [0.25, 0.3) is 0 Å². The number of benzene rings is 2. The number of carbonyl (C=O) groups is 1. The summed E-state index contributed by atoms with van der Waals surface area (Å²) in [5.74, 6) is 0.388. The summed E-state index contributed by atoms with van der Waals surface area (Å²) >= 11 is 0. The number of methoxy groups -OCH3 is 1. The summed E-state index contributed by atoms with van der Waals surface area (Å²) in [4.78, 5) is 11.4. The predicted molar refractivity (Wildman–Crippen MR) is 69.3 cm³/mol. The van der Waals surface area contributed by atoms with E-state index in [1.165, 1.54) is 6.08 Å². The average Bonchev–Trinajstić information content (AvgIpc) is 2.39. The third-order valence-corrected chi connectivity index (χ3v) is 2.54. The summed E-state index contributed by atoms with van der Waals surface area (Å²) in [6, 6.07) is 11.6. The van der Waals surface area contributed by atoms with E-state index in [9.17, 15) is 4.79 Å². The lowest BCUT2D eigenvalue weighted by Crippen LogP contribution is -2.08. The van der Waals surface area contributed by atoms with Gasteiger partial charge in [0.2, 0.25) is 5.91 Å². The van der Waals surface area contributed by atoms with E-state index in [2.05, 4.69) is 11.9 Å². The van der Waals surface area contributed by atoms with Crippen molar-refractivity contribution in [2.45, 2.75) is 0 Å². The molecule has 1 amide bonds. The van der Waals surface area contributed by atoms with Crippen LogP contribution in [0.15, 0.2) is 49.1 Å². The zero-order valence-corrected chi connectivity index (χ0v) is 9.57. The van der Waals surface area contributed by atoms with Crippen LogP contribution in [0.5, 0.6) is 5.75 Å². The molecule has 1 N–H and O–H groups in total. The van der Waals surface area contributed by atoms with Crippen LogP contribution in [-0.4, -0.2) is 13.0 Å². The van der Waals surface area contributed by atoms with Gasteiger partial charge in [-0.05, 0) is 17.5 Å². The van der Waals surface area contributed by atoms with E-state index < -0.39 is 0 Å². The Kier molecular flexibility index (Phi) is 3.10. The summed E-state index contributed by atoms with van der Waals surface area (Å²) in [6.07, 6.45) is 1.24. The molecule has 3 heteroatoms. The third-order valence-electron chi connectivity index (χ3n) is 2.54. The fraction of sp³-hybridized carbons (Fsp3) is 0.0714. The van der Waals surface area contributed by atoms with E-state index in [0.717, 1.165) is 10.8 Å². The minimum Gasteiger partial charge on any atom is -0.495 e. The Morgan fingerprint density at radius 3 is 2.76 bits per heavy atom. The molecule has 0 unspecified atom stereocenters. The Labute approximate surface area is 99.7 Å². The lowest BCUT2D eigenvalue weighted by atomic mass is 10.1. The fourth-order valence-electron chi connectivity index (χ4n) is 1.72. The first kappa shape index (κ1) is 11.2. The van der Waals surface area contributed by atoms with Crippen molar-refractivity contribution in [3.8, 4) is 5.75 Å². The second kappa shape index (κ2) is 4.70. The zero-order valence-electron chi connectivity index (χ0n) is 9.57. The first-order valence-corrected chi connectivity index (χ1v) is 5.25. The van der Waals surface area contributed by atoms with Crippen LogP contribution in [0, 0.1) is 0 Å². The number of hydrogen-bond donors (Lipinski definition) is 1. The molecule has 0 saturated carbocycles. The highest BCUT2D eigenvalue weighted by Gasteiger charge is 2.09. The number of rotatable bonds is 3. The first-order valence-electron chi connectivity index (χ1n) is 5.25. The molecule has 0 atom stereocenters. The predicted octanol–water partition coefficient (Wildman–Crippen LogP) is 2.97. The van der Waals surface area contributed by atoms with Gasteiger partial charge in [-0.15, -0.1) is 0 Å². The molecule has 2 aromatic carbocycles. The highest BCUT2D eigenvalue weighted by molar-refractivity contribution is 6.07. The molecule has 0 heterocycles. The van der Waals surface area contributed by atoms with E-state index in [0.29, 0.717) is 11.4 Å². The van der Waals surface area contributed by atoms with E-state index >= 15 is 0 Å². The molecule has 0 aromatic heterocycles. The molecule has 0 bridgehead atoms. The highest BCUT2D eigenvalue weighted by atomic mass is 16.5. The van der Waals surface area contributed by atoms with Crippen molar-refractivity contribution in [2.75, 3.05) is 12.4 Å². The molecule has 0 radical (unpaired) electrons. The topological polar surface area (TPSA) is 38.3 Å². The van der Waals surface area contributed by atoms with Gasteiger partial charge >= 0.3 is 0 Å². The van der Waals surface area contributed by atoms with Crippen molar-refractivity contribution < 1.29 is 9.53 Å². The maximum absolute atomic E-state index is 11.4. The molecule has 86 valence electrons. The summed E-state index contributed by atoms with van der Waals surface area (Å²) in [6.45, 7) is 3.44. The summed E-state index contributed by atoms with van der Waals surface area (Å²) < 4.78 is 5.25. The van der Waals surface area contributed by atoms with E-state index in [4.69, 9.17) is 4.74 Å². The summed E-state index contributed by atoms with van der Waals surface area (Å²) in [7, 11) is 1.58. The second-order valence-electron chi connectivity index (χ2n) is 3.56. The largest absolute Gasteiger partial charge is 0.495 e. The Morgan fingerprint density at radius 1 is 1.29 bits per heavy atom. The van der Waals surface area contributed by atoms with Gasteiger partial charge in [0.1, 0.15) is 5.75 Å². The number of ether oxygens (including phenoxy) is 1. The van der Waals surface area contributed by atoms with Crippen LogP contribution in [-0.2, 0) is 4.79 Å². The van der Waals surface area contributed by atoms with Gasteiger partial charge in [0, 0.05) is 5.39 Å². The normalized spacial score (nSPS) is 9.94. The van der Waals surface area contributed by atoms with Crippen molar-refractivity contribution in [3.63, 3.8) is 0 Å². The quantitative estimate of drug-likeness (QED) is 0.818. The Balaban J connectivity index is 2.62. The van der Waals surface area contributed by atoms with Gasteiger partial charge in [0.15, 0.2) is 0 Å². The Morgan fingerprint density at radius 2 is 2.06 bits per heavy atom. The van der Waals surface area contributed by atoms with Crippen molar-refractivity contribution >= 4 is 22.4 Å². The maximum atomic E-state index is 11.4. The van der Waals surface area contributed by atoms with E-state index in [1.54, 1.807) is 7.11 Å². The maximum Gasteiger partial charge on any atom is 0.247 e. The smallest absolute Gasteiger partial charge is 0.247 e. The number of amides is 1. The van der Waals surface area contributed by atoms with Gasteiger partial charge in [-0.1, -0.05) is 36.9 Å². The molecule has 0 saturated heterocycles. The minimum absolute atomic E-state index is 0.250. The van der Waals surface area contributed by atoms with Crippen molar-refractivity contribution in [1.82, 2.24) is 0 Å². The van der Waals surface area contributed by atoms with Crippen molar-refractivity contribution in [1.29, 1.82) is 0 Å². The lowest BCUT2D eigenvalue weighted by Gasteiger charge is -2.12. The summed E-state index contributed by atoms with van der Waals surface area (Å²) in [5, 5.41) is 4.77. The molecule has 0 aliphatic rings. The molecule has 2 rings (SSSR count). The van der Waals surface area contributed by atoms with Crippen LogP contribution in [0.1, 0.15) is 0 Å². The Bertz CT molecular complexity index is 575. The molecule has 3 nitrogen and oxygen atoms in total. The number of anilines is 1. The molecular formula is C14H13NO2. The number of carbonyl (C=O) groups excluding carboxylic acids is 1. The minimum atomic E-state index is -0.250. The van der Waals surface area contributed by atoms with Gasteiger partial charge in [-0.25, -0.2) is 0 Å². The number of hydrogen-bond acceptors (Lipinski definition) is 2. The van der Waals surface area contributed by atoms with Crippen LogP contribution < -0.4 is 10.1 Å². The van der Waals surface area contributed by atoms with Crippen LogP contribution in [0.25, 0.3) is 10.8 Å². The third kappa shape index (κ3) is 2.13. The number of nitrogens with one attached hydrogen (secondary N) is 1. The van der Waals surface area contributed by atoms with E-state index in [-0.39, 0.29) is 5.91 Å². The molecule has 17 heavy (non-hydrogen) atoms. The fourth-order valence-corrected chi connectivity index (χ4v) is 1.72. The first-order chi connectivity index (χ1) is 8.26. The SMILES string of the molecule is C=CC(=O)Nc1c(OC)ccc2ccccc12. The van der Waals surface area contributed by atoms with Crippen LogP contribution in [0.3, 0.4) is 0 Å². The van der Waals surface area contributed by atoms with Crippen LogP contribution in [0.2, 0.25) is 0 Å². The zero-order chi connectivity index (χ0) is 12.3. The second-order valence-corrected chi connectivity index (χ2v) is 3.56. The van der Waals surface area contributed by atoms with Crippen molar-refractivity contribution in [2.24, 2.45) is 0 Å². The molecular weight excluding hydrogens is 214 g/mol. The molecule has 0 fully saturated rings. The Hall–Kier alpha value is -2.29. The monoisotopic (exact) mass is 227 g/mol. The van der Waals surface area contributed by atoms with Gasteiger partial charge in [-0.2, -0.15) is 0 Å². The molecule has 0 aliphatic heterocycles. The van der Waals surface area contributed by atoms with Gasteiger partial charge < -0.3 is 10.1 Å². The van der Waals surface area contributed by atoms with Crippen LogP contribution >= 0.6 is 0 Å². The standard InChI is InChI=1S/C14H13NO2/c1-3-13(16)15-14-11-7-5-4-6-10(11)8-9-12(14)17-2/h3-9H,1H2,2H3,(H,15,16). The highest BCUT2D eigenvalue weighted by Crippen LogP contribution is 2.32. The van der Waals surface area contributed by atoms with E-state index in [1.807, 2.05) is 36.4 Å². The number of fused-ring (bicyclic) bond motifs is 1. The molecule has 0 aliphatic carbocycles. The molecule has 2 aromatic rings. The molecule has 0 spiro atoms. The average molecular weight is 227 g/mol. The van der Waals surface area contributed by atoms with Crippen molar-refractivity contribution in [3.05, 3.63) is 49.1 Å². The van der Waals surface area contributed by atoms with Gasteiger partial charge in [0.05, 0.1) is 12.8 Å². The van der Waals surface area contributed by atoms with Gasteiger partial charge in [-0.3, -0.25) is 4.79 Å². The summed E-state index contributed by atoms with van der Waals surface area (Å²) in [5.41, 5.74) is 0.676. The lowest BCUT2D eigenvalue weighted by molar-refractivity contribution is -0.111.